The maximum Gasteiger partial charge on any atom is 0.112 e. The van der Waals surface area contributed by atoms with Crippen molar-refractivity contribution in [2.75, 3.05) is 19.8 Å². The Hall–Kier alpha value is -0.540. The van der Waals surface area contributed by atoms with Gasteiger partial charge in [-0.05, 0) is 31.3 Å². The molecule has 13 heavy (non-hydrogen) atoms. The van der Waals surface area contributed by atoms with E-state index >= 15 is 0 Å². The van der Waals surface area contributed by atoms with Crippen molar-refractivity contribution in [2.45, 2.75) is 31.3 Å². The van der Waals surface area contributed by atoms with E-state index in [9.17, 15) is 5.11 Å². The van der Waals surface area contributed by atoms with Crippen molar-refractivity contribution in [3.8, 4) is 0 Å². The molecule has 1 atom stereocenters. The van der Waals surface area contributed by atoms with E-state index in [0.29, 0.717) is 6.61 Å². The number of hydrogen-bond acceptors (Lipinski definition) is 3. The topological polar surface area (TPSA) is 38.7 Å². The fourth-order valence-electron chi connectivity index (χ4n) is 1.94. The molecule has 0 aromatic rings. The van der Waals surface area contributed by atoms with Gasteiger partial charge in [0.05, 0.1) is 19.5 Å². The standard InChI is InChI=1S/C10H16O3/c11-10(4-2-6-13-8-10)9-3-1-5-12-7-9/h7,11H,1-6,8H2. The van der Waals surface area contributed by atoms with Crippen LogP contribution in [0.4, 0.5) is 0 Å². The third-order valence-electron chi connectivity index (χ3n) is 2.75. The van der Waals surface area contributed by atoms with Crippen LogP contribution in [0.3, 0.4) is 0 Å². The highest BCUT2D eigenvalue weighted by atomic mass is 16.5. The van der Waals surface area contributed by atoms with Gasteiger partial charge in [0.15, 0.2) is 0 Å². The van der Waals surface area contributed by atoms with Gasteiger partial charge in [-0.25, -0.2) is 0 Å². The molecular formula is C10H16O3. The zero-order valence-corrected chi connectivity index (χ0v) is 7.79. The maximum absolute atomic E-state index is 10.2. The Balaban J connectivity index is 2.07. The Labute approximate surface area is 78.3 Å². The van der Waals surface area contributed by atoms with E-state index in [2.05, 4.69) is 0 Å². The molecule has 3 heteroatoms. The van der Waals surface area contributed by atoms with E-state index in [1.165, 1.54) is 0 Å². The lowest BCUT2D eigenvalue weighted by Gasteiger charge is -2.35. The molecule has 1 saturated heterocycles. The third-order valence-corrected chi connectivity index (χ3v) is 2.75. The summed E-state index contributed by atoms with van der Waals surface area (Å²) in [6, 6.07) is 0. The molecule has 2 rings (SSSR count). The quantitative estimate of drug-likeness (QED) is 0.666. The van der Waals surface area contributed by atoms with Crippen LogP contribution in [-0.4, -0.2) is 30.5 Å². The van der Waals surface area contributed by atoms with Crippen LogP contribution in [0.15, 0.2) is 11.8 Å². The monoisotopic (exact) mass is 184 g/mol. The number of hydrogen-bond donors (Lipinski definition) is 1. The lowest BCUT2D eigenvalue weighted by Crippen LogP contribution is -2.41. The van der Waals surface area contributed by atoms with E-state index in [4.69, 9.17) is 9.47 Å². The van der Waals surface area contributed by atoms with Crippen LogP contribution in [0.25, 0.3) is 0 Å². The van der Waals surface area contributed by atoms with E-state index in [1.54, 1.807) is 6.26 Å². The smallest absolute Gasteiger partial charge is 0.112 e. The molecular weight excluding hydrogens is 168 g/mol. The van der Waals surface area contributed by atoms with Gasteiger partial charge in [-0.1, -0.05) is 0 Å². The highest BCUT2D eigenvalue weighted by molar-refractivity contribution is 5.16. The average Bonchev–Trinajstić information content (AvgIpc) is 2.20. The molecule has 0 saturated carbocycles. The van der Waals surface area contributed by atoms with Crippen LogP contribution in [-0.2, 0) is 9.47 Å². The van der Waals surface area contributed by atoms with E-state index in [-0.39, 0.29) is 0 Å². The average molecular weight is 184 g/mol. The summed E-state index contributed by atoms with van der Waals surface area (Å²) in [7, 11) is 0. The molecule has 2 heterocycles. The first kappa shape index (κ1) is 9.03. The minimum Gasteiger partial charge on any atom is -0.501 e. The van der Waals surface area contributed by atoms with Crippen molar-refractivity contribution in [2.24, 2.45) is 0 Å². The van der Waals surface area contributed by atoms with Gasteiger partial charge >= 0.3 is 0 Å². The fraction of sp³-hybridized carbons (Fsp3) is 0.800. The zero-order chi connectivity index (χ0) is 9.15. The maximum atomic E-state index is 10.2. The molecule has 0 amide bonds. The summed E-state index contributed by atoms with van der Waals surface area (Å²) >= 11 is 0. The van der Waals surface area contributed by atoms with Gasteiger partial charge in [0, 0.05) is 6.61 Å². The van der Waals surface area contributed by atoms with Crippen LogP contribution >= 0.6 is 0 Å². The van der Waals surface area contributed by atoms with Crippen molar-refractivity contribution in [1.29, 1.82) is 0 Å². The molecule has 0 bridgehead atoms. The van der Waals surface area contributed by atoms with Gasteiger partial charge < -0.3 is 14.6 Å². The summed E-state index contributed by atoms with van der Waals surface area (Å²) in [5.41, 5.74) is 0.275. The molecule has 0 spiro atoms. The van der Waals surface area contributed by atoms with Crippen LogP contribution in [0.5, 0.6) is 0 Å². The molecule has 1 unspecified atom stereocenters. The molecule has 1 fully saturated rings. The van der Waals surface area contributed by atoms with E-state index in [0.717, 1.165) is 44.5 Å². The van der Waals surface area contributed by atoms with Crippen LogP contribution in [0.1, 0.15) is 25.7 Å². The van der Waals surface area contributed by atoms with E-state index < -0.39 is 5.60 Å². The molecule has 2 aliphatic heterocycles. The second-order valence-corrected chi connectivity index (χ2v) is 3.81. The normalized spacial score (nSPS) is 35.0. The van der Waals surface area contributed by atoms with Gasteiger partial charge in [0.1, 0.15) is 5.60 Å². The van der Waals surface area contributed by atoms with E-state index in [1.807, 2.05) is 0 Å². The predicted molar refractivity (Wildman–Crippen MR) is 48.3 cm³/mol. The number of rotatable bonds is 1. The Morgan fingerprint density at radius 1 is 1.31 bits per heavy atom. The van der Waals surface area contributed by atoms with Gasteiger partial charge in [-0.15, -0.1) is 0 Å². The first-order valence-corrected chi connectivity index (χ1v) is 4.92. The Bertz CT molecular complexity index is 204. The highest BCUT2D eigenvalue weighted by Gasteiger charge is 2.34. The van der Waals surface area contributed by atoms with Crippen LogP contribution in [0, 0.1) is 0 Å². The summed E-state index contributed by atoms with van der Waals surface area (Å²) in [4.78, 5) is 0. The van der Waals surface area contributed by atoms with Gasteiger partial charge in [-0.2, -0.15) is 0 Å². The van der Waals surface area contributed by atoms with Crippen molar-refractivity contribution in [3.05, 3.63) is 11.8 Å². The third kappa shape index (κ3) is 1.86. The molecule has 74 valence electrons. The highest BCUT2D eigenvalue weighted by Crippen LogP contribution is 2.31. The molecule has 0 radical (unpaired) electrons. The molecule has 3 nitrogen and oxygen atoms in total. The first-order valence-electron chi connectivity index (χ1n) is 4.92. The lowest BCUT2D eigenvalue weighted by atomic mass is 9.86. The predicted octanol–water partition coefficient (Wildman–Crippen LogP) is 1.22. The first-order chi connectivity index (χ1) is 6.31. The van der Waals surface area contributed by atoms with Crippen molar-refractivity contribution >= 4 is 0 Å². The minimum absolute atomic E-state index is 0.433. The number of aliphatic hydroxyl groups is 1. The number of ether oxygens (including phenoxy) is 2. The Morgan fingerprint density at radius 2 is 2.23 bits per heavy atom. The van der Waals surface area contributed by atoms with Gasteiger partial charge in [0.25, 0.3) is 0 Å². The van der Waals surface area contributed by atoms with Gasteiger partial charge in [0.2, 0.25) is 0 Å². The molecule has 1 N–H and O–H groups in total. The summed E-state index contributed by atoms with van der Waals surface area (Å²) in [5.74, 6) is 0. The second kappa shape index (κ2) is 3.68. The molecule has 0 aromatic heterocycles. The molecule has 2 aliphatic rings. The SMILES string of the molecule is OC1(C2=COCCC2)CCCOC1. The minimum atomic E-state index is -0.737. The summed E-state index contributed by atoms with van der Waals surface area (Å²) < 4.78 is 10.5. The summed E-state index contributed by atoms with van der Waals surface area (Å²) in [5, 5.41) is 10.2. The Morgan fingerprint density at radius 3 is 2.85 bits per heavy atom. The second-order valence-electron chi connectivity index (χ2n) is 3.81. The zero-order valence-electron chi connectivity index (χ0n) is 7.79. The largest absolute Gasteiger partial charge is 0.501 e. The summed E-state index contributed by atoms with van der Waals surface area (Å²) in [6.07, 6.45) is 5.42. The van der Waals surface area contributed by atoms with Crippen LogP contribution in [0.2, 0.25) is 0 Å². The summed E-state index contributed by atoms with van der Waals surface area (Å²) in [6.45, 7) is 1.99. The fourth-order valence-corrected chi connectivity index (χ4v) is 1.94. The van der Waals surface area contributed by atoms with Crippen molar-refractivity contribution in [3.63, 3.8) is 0 Å². The van der Waals surface area contributed by atoms with Crippen LogP contribution < -0.4 is 0 Å². The van der Waals surface area contributed by atoms with Gasteiger partial charge in [-0.3, -0.25) is 0 Å². The van der Waals surface area contributed by atoms with Crippen molar-refractivity contribution < 1.29 is 14.6 Å². The Kier molecular flexibility index (Phi) is 2.56. The lowest BCUT2D eigenvalue weighted by molar-refractivity contribution is -0.0666. The van der Waals surface area contributed by atoms with Crippen molar-refractivity contribution in [1.82, 2.24) is 0 Å². The molecule has 0 aromatic carbocycles. The molecule has 0 aliphatic carbocycles.